The van der Waals surface area contributed by atoms with Crippen LogP contribution in [-0.2, 0) is 9.59 Å². The number of carbonyl (C=O) groups is 2. The molecule has 0 heterocycles. The van der Waals surface area contributed by atoms with E-state index in [9.17, 15) is 14.7 Å². The molecular formula is C17H18O3S. The van der Waals surface area contributed by atoms with Gasteiger partial charge in [0.15, 0.2) is 5.12 Å². The zero-order valence-corrected chi connectivity index (χ0v) is 12.9. The van der Waals surface area contributed by atoms with Crippen molar-refractivity contribution in [2.24, 2.45) is 5.92 Å². The summed E-state index contributed by atoms with van der Waals surface area (Å²) in [4.78, 5) is 22.5. The van der Waals surface area contributed by atoms with Crippen molar-refractivity contribution in [1.29, 1.82) is 0 Å². The van der Waals surface area contributed by atoms with Gasteiger partial charge in [-0.15, -0.1) is 0 Å². The van der Waals surface area contributed by atoms with Gasteiger partial charge in [0, 0.05) is 12.7 Å². The highest BCUT2D eigenvalue weighted by Crippen LogP contribution is 2.30. The lowest BCUT2D eigenvalue weighted by molar-refractivity contribution is -0.141. The van der Waals surface area contributed by atoms with Crippen molar-refractivity contribution in [3.05, 3.63) is 48.0 Å². The van der Waals surface area contributed by atoms with Crippen LogP contribution >= 0.6 is 11.8 Å². The van der Waals surface area contributed by atoms with Gasteiger partial charge >= 0.3 is 5.97 Å². The van der Waals surface area contributed by atoms with Gasteiger partial charge in [-0.2, -0.15) is 0 Å². The first-order chi connectivity index (χ1) is 9.99. The monoisotopic (exact) mass is 302 g/mol. The van der Waals surface area contributed by atoms with E-state index in [-0.39, 0.29) is 11.0 Å². The highest BCUT2D eigenvalue weighted by molar-refractivity contribution is 8.13. The Balaban J connectivity index is 2.27. The molecule has 110 valence electrons. The Bertz CT molecular complexity index is 666. The SMILES string of the molecule is CC(=O)SC[C@@H](C(=O)O)[C@H](C)c1ccc2ccccc2c1. The first kappa shape index (κ1) is 15.6. The lowest BCUT2D eigenvalue weighted by Crippen LogP contribution is -2.23. The molecule has 0 amide bonds. The normalized spacial score (nSPS) is 13.8. The van der Waals surface area contributed by atoms with Crippen LogP contribution in [0.25, 0.3) is 10.8 Å². The number of fused-ring (bicyclic) bond motifs is 1. The second-order valence-corrected chi connectivity index (χ2v) is 6.34. The predicted octanol–water partition coefficient (Wildman–Crippen LogP) is 3.92. The molecule has 0 aromatic heterocycles. The van der Waals surface area contributed by atoms with Crippen molar-refractivity contribution in [3.63, 3.8) is 0 Å². The zero-order chi connectivity index (χ0) is 15.4. The highest BCUT2D eigenvalue weighted by atomic mass is 32.2. The van der Waals surface area contributed by atoms with Gasteiger partial charge in [-0.25, -0.2) is 0 Å². The Morgan fingerprint density at radius 1 is 1.14 bits per heavy atom. The van der Waals surface area contributed by atoms with Gasteiger partial charge in [0.2, 0.25) is 0 Å². The average molecular weight is 302 g/mol. The first-order valence-corrected chi connectivity index (χ1v) is 7.82. The number of carboxylic acids is 1. The third-order valence-electron chi connectivity index (χ3n) is 3.69. The fraction of sp³-hybridized carbons (Fsp3) is 0.294. The number of thioether (sulfide) groups is 1. The molecule has 0 aliphatic rings. The minimum absolute atomic E-state index is 0.0491. The van der Waals surface area contributed by atoms with E-state index >= 15 is 0 Å². The Morgan fingerprint density at radius 3 is 2.43 bits per heavy atom. The van der Waals surface area contributed by atoms with E-state index in [0.29, 0.717) is 5.75 Å². The maximum atomic E-state index is 11.5. The topological polar surface area (TPSA) is 54.4 Å². The Hall–Kier alpha value is -1.81. The van der Waals surface area contributed by atoms with Crippen molar-refractivity contribution >= 4 is 33.6 Å². The summed E-state index contributed by atoms with van der Waals surface area (Å²) >= 11 is 1.07. The second-order valence-electron chi connectivity index (χ2n) is 5.14. The fourth-order valence-electron chi connectivity index (χ4n) is 2.36. The maximum Gasteiger partial charge on any atom is 0.307 e. The van der Waals surface area contributed by atoms with Gasteiger partial charge < -0.3 is 5.11 Å². The standard InChI is InChI=1S/C17H18O3S/c1-11(16(17(19)20)10-21-12(2)18)14-8-7-13-5-3-4-6-15(13)9-14/h3-9,11,16H,10H2,1-2H3,(H,19,20)/t11-,16-/m1/s1. The summed E-state index contributed by atoms with van der Waals surface area (Å²) in [5.74, 6) is -1.26. The van der Waals surface area contributed by atoms with Gasteiger partial charge in [-0.1, -0.05) is 61.2 Å². The number of aliphatic carboxylic acids is 1. The smallest absolute Gasteiger partial charge is 0.307 e. The molecule has 0 saturated heterocycles. The average Bonchev–Trinajstić information content (AvgIpc) is 2.46. The summed E-state index contributed by atoms with van der Waals surface area (Å²) in [6.07, 6.45) is 0. The molecule has 2 aromatic carbocycles. The number of benzene rings is 2. The molecule has 0 aliphatic carbocycles. The van der Waals surface area contributed by atoms with E-state index in [1.54, 1.807) is 0 Å². The van der Waals surface area contributed by atoms with Crippen molar-refractivity contribution in [2.45, 2.75) is 19.8 Å². The minimum Gasteiger partial charge on any atom is -0.481 e. The van der Waals surface area contributed by atoms with E-state index in [4.69, 9.17) is 0 Å². The maximum absolute atomic E-state index is 11.5. The molecule has 0 radical (unpaired) electrons. The first-order valence-electron chi connectivity index (χ1n) is 6.84. The summed E-state index contributed by atoms with van der Waals surface area (Å²) in [6, 6.07) is 14.0. The highest BCUT2D eigenvalue weighted by Gasteiger charge is 2.26. The molecule has 3 nitrogen and oxygen atoms in total. The molecule has 0 bridgehead atoms. The van der Waals surface area contributed by atoms with Crippen molar-refractivity contribution in [1.82, 2.24) is 0 Å². The molecule has 21 heavy (non-hydrogen) atoms. The van der Waals surface area contributed by atoms with Gasteiger partial charge in [-0.05, 0) is 22.3 Å². The summed E-state index contributed by atoms with van der Waals surface area (Å²) < 4.78 is 0. The third-order valence-corrected chi connectivity index (χ3v) is 4.62. The van der Waals surface area contributed by atoms with E-state index in [0.717, 1.165) is 28.1 Å². The van der Waals surface area contributed by atoms with Crippen LogP contribution in [0, 0.1) is 5.92 Å². The molecule has 2 atom stereocenters. The van der Waals surface area contributed by atoms with Crippen LogP contribution in [0.15, 0.2) is 42.5 Å². The molecular weight excluding hydrogens is 284 g/mol. The fourth-order valence-corrected chi connectivity index (χ4v) is 3.21. The number of hydrogen-bond donors (Lipinski definition) is 1. The van der Waals surface area contributed by atoms with E-state index in [2.05, 4.69) is 0 Å². The third kappa shape index (κ3) is 3.85. The molecule has 0 unspecified atom stereocenters. The minimum atomic E-state index is -0.857. The summed E-state index contributed by atoms with van der Waals surface area (Å²) in [5, 5.41) is 11.6. The van der Waals surface area contributed by atoms with E-state index in [1.807, 2.05) is 49.4 Å². The molecule has 0 aliphatic heterocycles. The Morgan fingerprint density at radius 2 is 1.81 bits per heavy atom. The molecule has 2 aromatic rings. The predicted molar refractivity (Wildman–Crippen MR) is 86.6 cm³/mol. The molecule has 0 spiro atoms. The van der Waals surface area contributed by atoms with Crippen LogP contribution in [0.5, 0.6) is 0 Å². The van der Waals surface area contributed by atoms with Gasteiger partial charge in [0.1, 0.15) is 0 Å². The zero-order valence-electron chi connectivity index (χ0n) is 12.1. The number of carboxylic acid groups (broad SMARTS) is 1. The van der Waals surface area contributed by atoms with Gasteiger partial charge in [0.05, 0.1) is 5.92 Å². The number of carbonyl (C=O) groups excluding carboxylic acids is 1. The van der Waals surface area contributed by atoms with Crippen LogP contribution in [-0.4, -0.2) is 21.9 Å². The van der Waals surface area contributed by atoms with Crippen LogP contribution < -0.4 is 0 Å². The molecule has 0 saturated carbocycles. The van der Waals surface area contributed by atoms with Crippen molar-refractivity contribution in [3.8, 4) is 0 Å². The van der Waals surface area contributed by atoms with Gasteiger partial charge in [-0.3, -0.25) is 9.59 Å². The molecule has 2 rings (SSSR count). The largest absolute Gasteiger partial charge is 0.481 e. The van der Waals surface area contributed by atoms with Crippen LogP contribution in [0.4, 0.5) is 0 Å². The number of rotatable bonds is 5. The second kappa shape index (κ2) is 6.76. The van der Waals surface area contributed by atoms with E-state index in [1.165, 1.54) is 6.92 Å². The van der Waals surface area contributed by atoms with Crippen LogP contribution in [0.3, 0.4) is 0 Å². The lowest BCUT2D eigenvalue weighted by atomic mass is 9.88. The van der Waals surface area contributed by atoms with Crippen LogP contribution in [0.1, 0.15) is 25.3 Å². The van der Waals surface area contributed by atoms with Gasteiger partial charge in [0.25, 0.3) is 0 Å². The molecule has 0 fully saturated rings. The Kier molecular flexibility index (Phi) is 5.02. The van der Waals surface area contributed by atoms with Crippen molar-refractivity contribution in [2.75, 3.05) is 5.75 Å². The van der Waals surface area contributed by atoms with Crippen molar-refractivity contribution < 1.29 is 14.7 Å². The quantitative estimate of drug-likeness (QED) is 0.909. The number of hydrogen-bond acceptors (Lipinski definition) is 3. The lowest BCUT2D eigenvalue weighted by Gasteiger charge is -2.20. The molecule has 1 N–H and O–H groups in total. The van der Waals surface area contributed by atoms with E-state index < -0.39 is 11.9 Å². The molecule has 4 heteroatoms. The van der Waals surface area contributed by atoms with Crippen LogP contribution in [0.2, 0.25) is 0 Å². The summed E-state index contributed by atoms with van der Waals surface area (Å²) in [6.45, 7) is 3.37. The summed E-state index contributed by atoms with van der Waals surface area (Å²) in [7, 11) is 0. The Labute approximate surface area is 128 Å². The summed E-state index contributed by atoms with van der Waals surface area (Å²) in [5.41, 5.74) is 0.991.